The highest BCUT2D eigenvalue weighted by atomic mass is 14.8. The van der Waals surface area contributed by atoms with Crippen LogP contribution in [0.25, 0.3) is 0 Å². The smallest absolute Gasteiger partial charge is 0.0653 e. The van der Waals surface area contributed by atoms with E-state index in [4.69, 9.17) is 0 Å². The van der Waals surface area contributed by atoms with Crippen LogP contribution in [0.15, 0.2) is 59.2 Å². The van der Waals surface area contributed by atoms with Crippen molar-refractivity contribution >= 4 is 11.9 Å². The van der Waals surface area contributed by atoms with Gasteiger partial charge in [0.1, 0.15) is 0 Å². The Kier molecular flexibility index (Phi) is 2.76. The van der Waals surface area contributed by atoms with Gasteiger partial charge in [-0.2, -0.15) is 0 Å². The van der Waals surface area contributed by atoms with E-state index in [0.717, 1.165) is 12.2 Å². The molecule has 1 aliphatic heterocycles. The fourth-order valence-electron chi connectivity index (χ4n) is 1.24. The van der Waals surface area contributed by atoms with Crippen LogP contribution in [0.2, 0.25) is 0 Å². The lowest BCUT2D eigenvalue weighted by atomic mass is 10.2. The third-order valence-electron chi connectivity index (χ3n) is 1.97. The summed E-state index contributed by atoms with van der Waals surface area (Å²) in [5.41, 5.74) is 2.29. The summed E-state index contributed by atoms with van der Waals surface area (Å²) in [6, 6.07) is 10.1. The molecule has 0 atom stereocenters. The Morgan fingerprint density at radius 3 is 2.79 bits per heavy atom. The Morgan fingerprint density at radius 2 is 2.07 bits per heavy atom. The van der Waals surface area contributed by atoms with Crippen LogP contribution in [0.1, 0.15) is 0 Å². The van der Waals surface area contributed by atoms with Crippen LogP contribution in [0.5, 0.6) is 0 Å². The molecule has 0 fully saturated rings. The second kappa shape index (κ2) is 4.42. The fraction of sp³-hybridized carbons (Fsp3) is 0.0833. The maximum atomic E-state index is 4.15. The summed E-state index contributed by atoms with van der Waals surface area (Å²) in [5.74, 6) is 0. The monoisotopic (exact) mass is 184 g/mol. The zero-order valence-corrected chi connectivity index (χ0v) is 7.85. The number of para-hydroxylation sites is 1. The lowest BCUT2D eigenvalue weighted by Gasteiger charge is -2.04. The molecule has 0 aliphatic carbocycles. The molecule has 0 aromatic heterocycles. The summed E-state index contributed by atoms with van der Waals surface area (Å²) in [6.07, 6.45) is 7.81. The minimum atomic E-state index is 0.760. The number of hydrogen-bond acceptors (Lipinski definition) is 2. The summed E-state index contributed by atoms with van der Waals surface area (Å²) < 4.78 is 0. The van der Waals surface area contributed by atoms with Crippen molar-refractivity contribution in [2.75, 3.05) is 11.9 Å². The van der Waals surface area contributed by atoms with E-state index in [2.05, 4.69) is 16.4 Å². The van der Waals surface area contributed by atoms with Gasteiger partial charge in [-0.05, 0) is 23.8 Å². The van der Waals surface area contributed by atoms with Crippen LogP contribution in [-0.2, 0) is 0 Å². The highest BCUT2D eigenvalue weighted by molar-refractivity contribution is 5.73. The first kappa shape index (κ1) is 8.75. The van der Waals surface area contributed by atoms with Gasteiger partial charge in [-0.3, -0.25) is 4.99 Å². The van der Waals surface area contributed by atoms with Crippen molar-refractivity contribution in [3.8, 4) is 0 Å². The molecule has 0 saturated carbocycles. The van der Waals surface area contributed by atoms with Crippen molar-refractivity contribution in [3.05, 3.63) is 54.3 Å². The Hall–Kier alpha value is -1.83. The van der Waals surface area contributed by atoms with E-state index in [1.165, 1.54) is 5.57 Å². The standard InChI is InChI=1S/C12H12N2/c1-2-6-12(7-3-1)14-10-11-5-4-8-13-9-11/h1-8,10,14H,9H2/b11-10-. The second-order valence-corrected chi connectivity index (χ2v) is 3.08. The molecule has 1 aromatic carbocycles. The minimum absolute atomic E-state index is 0.760. The molecular weight excluding hydrogens is 172 g/mol. The quantitative estimate of drug-likeness (QED) is 0.750. The molecule has 2 rings (SSSR count). The molecule has 0 spiro atoms. The molecular formula is C12H12N2. The van der Waals surface area contributed by atoms with Gasteiger partial charge in [-0.1, -0.05) is 24.3 Å². The molecule has 70 valence electrons. The van der Waals surface area contributed by atoms with Gasteiger partial charge in [0.25, 0.3) is 0 Å². The summed E-state index contributed by atoms with van der Waals surface area (Å²) >= 11 is 0. The van der Waals surface area contributed by atoms with Gasteiger partial charge < -0.3 is 5.32 Å². The van der Waals surface area contributed by atoms with Crippen LogP contribution in [-0.4, -0.2) is 12.8 Å². The molecule has 1 N–H and O–H groups in total. The summed E-state index contributed by atoms with van der Waals surface area (Å²) in [6.45, 7) is 0.760. The van der Waals surface area contributed by atoms with Crippen molar-refractivity contribution < 1.29 is 0 Å². The first-order valence-corrected chi connectivity index (χ1v) is 4.62. The Bertz CT molecular complexity index is 375. The zero-order valence-electron chi connectivity index (χ0n) is 7.85. The van der Waals surface area contributed by atoms with E-state index in [-0.39, 0.29) is 0 Å². The predicted octanol–water partition coefficient (Wildman–Crippen LogP) is 2.62. The molecule has 1 aliphatic rings. The number of nitrogens with zero attached hydrogens (tertiary/aromatic N) is 1. The van der Waals surface area contributed by atoms with E-state index >= 15 is 0 Å². The first-order chi connectivity index (χ1) is 6.95. The molecule has 0 saturated heterocycles. The van der Waals surface area contributed by atoms with Crippen LogP contribution < -0.4 is 5.32 Å². The van der Waals surface area contributed by atoms with Crippen molar-refractivity contribution in [1.29, 1.82) is 0 Å². The van der Waals surface area contributed by atoms with Crippen molar-refractivity contribution in [3.63, 3.8) is 0 Å². The normalized spacial score (nSPS) is 17.3. The van der Waals surface area contributed by atoms with Crippen LogP contribution in [0, 0.1) is 0 Å². The summed E-state index contributed by atoms with van der Waals surface area (Å²) in [4.78, 5) is 4.15. The van der Waals surface area contributed by atoms with E-state index in [1.54, 1.807) is 0 Å². The van der Waals surface area contributed by atoms with Crippen LogP contribution >= 0.6 is 0 Å². The molecule has 1 heterocycles. The molecule has 2 nitrogen and oxygen atoms in total. The molecule has 0 unspecified atom stereocenters. The maximum Gasteiger partial charge on any atom is 0.0653 e. The highest BCUT2D eigenvalue weighted by Gasteiger charge is 1.93. The molecule has 1 aromatic rings. The van der Waals surface area contributed by atoms with Crippen molar-refractivity contribution in [2.24, 2.45) is 4.99 Å². The third-order valence-corrected chi connectivity index (χ3v) is 1.97. The largest absolute Gasteiger partial charge is 0.361 e. The van der Waals surface area contributed by atoms with Gasteiger partial charge in [-0.25, -0.2) is 0 Å². The average molecular weight is 184 g/mol. The Balaban J connectivity index is 2.00. The number of nitrogens with one attached hydrogen (secondary N) is 1. The fourth-order valence-corrected chi connectivity index (χ4v) is 1.24. The number of anilines is 1. The Labute approximate surface area is 83.7 Å². The zero-order chi connectivity index (χ0) is 9.64. The highest BCUT2D eigenvalue weighted by Crippen LogP contribution is 2.07. The van der Waals surface area contributed by atoms with E-state index < -0.39 is 0 Å². The van der Waals surface area contributed by atoms with Gasteiger partial charge in [0.05, 0.1) is 6.54 Å². The SMILES string of the molecule is C1=C/C(=C/Nc2ccccc2)CN=C1. The first-order valence-electron chi connectivity index (χ1n) is 4.62. The van der Waals surface area contributed by atoms with E-state index in [9.17, 15) is 0 Å². The maximum absolute atomic E-state index is 4.15. The number of dihydropyridines is 1. The van der Waals surface area contributed by atoms with Gasteiger partial charge in [0.2, 0.25) is 0 Å². The predicted molar refractivity (Wildman–Crippen MR) is 60.6 cm³/mol. The van der Waals surface area contributed by atoms with Crippen molar-refractivity contribution in [1.82, 2.24) is 0 Å². The summed E-state index contributed by atoms with van der Waals surface area (Å²) in [7, 11) is 0. The minimum Gasteiger partial charge on any atom is -0.361 e. The number of allylic oxidation sites excluding steroid dienone is 1. The lowest BCUT2D eigenvalue weighted by molar-refractivity contribution is 1.17. The topological polar surface area (TPSA) is 24.4 Å². The van der Waals surface area contributed by atoms with Crippen LogP contribution in [0.4, 0.5) is 5.69 Å². The number of rotatable bonds is 2. The lowest BCUT2D eigenvalue weighted by Crippen LogP contribution is -1.95. The van der Waals surface area contributed by atoms with Gasteiger partial charge in [-0.15, -0.1) is 0 Å². The van der Waals surface area contributed by atoms with E-state index in [0.29, 0.717) is 0 Å². The van der Waals surface area contributed by atoms with Gasteiger partial charge in [0.15, 0.2) is 0 Å². The second-order valence-electron chi connectivity index (χ2n) is 3.08. The molecule has 0 amide bonds. The van der Waals surface area contributed by atoms with Gasteiger partial charge in [0, 0.05) is 18.1 Å². The van der Waals surface area contributed by atoms with Crippen molar-refractivity contribution in [2.45, 2.75) is 0 Å². The Morgan fingerprint density at radius 1 is 1.21 bits per heavy atom. The number of hydrogen-bond donors (Lipinski definition) is 1. The molecule has 0 bridgehead atoms. The average Bonchev–Trinajstić information content (AvgIpc) is 2.29. The van der Waals surface area contributed by atoms with Crippen LogP contribution in [0.3, 0.4) is 0 Å². The van der Waals surface area contributed by atoms with E-state index in [1.807, 2.05) is 48.8 Å². The third kappa shape index (κ3) is 2.33. The van der Waals surface area contributed by atoms with Gasteiger partial charge >= 0.3 is 0 Å². The number of aliphatic imine (C=N–C) groups is 1. The molecule has 0 radical (unpaired) electrons. The molecule has 2 heteroatoms. The number of benzene rings is 1. The molecule has 14 heavy (non-hydrogen) atoms. The summed E-state index contributed by atoms with van der Waals surface area (Å²) in [5, 5.41) is 3.23.